The zero-order valence-corrected chi connectivity index (χ0v) is 13.3. The third kappa shape index (κ3) is 3.13. The summed E-state index contributed by atoms with van der Waals surface area (Å²) in [6, 6.07) is 7.62. The van der Waals surface area contributed by atoms with Crippen LogP contribution in [-0.2, 0) is 19.1 Å². The molecule has 1 aliphatic carbocycles. The molecule has 1 aliphatic heterocycles. The van der Waals surface area contributed by atoms with Crippen LogP contribution >= 0.6 is 11.8 Å². The first-order valence-corrected chi connectivity index (χ1v) is 8.42. The van der Waals surface area contributed by atoms with Crippen LogP contribution in [0.25, 0.3) is 0 Å². The summed E-state index contributed by atoms with van der Waals surface area (Å²) in [5, 5.41) is 0. The number of fused-ring (bicyclic) bond motifs is 1. The first-order chi connectivity index (χ1) is 10.7. The van der Waals surface area contributed by atoms with E-state index in [0.717, 1.165) is 29.8 Å². The number of hydrogen-bond donors (Lipinski definition) is 0. The van der Waals surface area contributed by atoms with Crippen molar-refractivity contribution in [1.82, 2.24) is 0 Å². The largest absolute Gasteiger partial charge is 0.458 e. The van der Waals surface area contributed by atoms with Crippen LogP contribution in [0.3, 0.4) is 0 Å². The maximum Gasteiger partial charge on any atom is 0.326 e. The van der Waals surface area contributed by atoms with E-state index in [0.29, 0.717) is 5.75 Å². The first kappa shape index (κ1) is 15.4. The van der Waals surface area contributed by atoms with Crippen molar-refractivity contribution < 1.29 is 19.1 Å². The molecule has 22 heavy (non-hydrogen) atoms. The fourth-order valence-electron chi connectivity index (χ4n) is 2.96. The van der Waals surface area contributed by atoms with Crippen molar-refractivity contribution in [3.05, 3.63) is 24.3 Å². The lowest BCUT2D eigenvalue weighted by Crippen LogP contribution is -2.41. The number of para-hydroxylation sites is 1. The summed E-state index contributed by atoms with van der Waals surface area (Å²) >= 11 is 1.50. The van der Waals surface area contributed by atoms with E-state index in [9.17, 15) is 9.59 Å². The second-order valence-corrected chi connectivity index (χ2v) is 6.49. The molecule has 0 saturated heterocycles. The van der Waals surface area contributed by atoms with Gasteiger partial charge in [-0.05, 0) is 31.4 Å². The van der Waals surface area contributed by atoms with Gasteiger partial charge in [0, 0.05) is 12.0 Å². The lowest BCUT2D eigenvalue weighted by atomic mass is 10.2. The predicted molar refractivity (Wildman–Crippen MR) is 84.0 cm³/mol. The molecule has 0 aromatic heterocycles. The number of methoxy groups -OCH3 is 1. The lowest BCUT2D eigenvalue weighted by Gasteiger charge is -2.28. The number of thioether (sulfide) groups is 1. The molecule has 0 bridgehead atoms. The van der Waals surface area contributed by atoms with Crippen molar-refractivity contribution >= 4 is 29.3 Å². The molecule has 118 valence electrons. The Kier molecular flexibility index (Phi) is 4.69. The Morgan fingerprint density at radius 2 is 2.09 bits per heavy atom. The van der Waals surface area contributed by atoms with Crippen LogP contribution in [0.15, 0.2) is 29.2 Å². The Hall–Kier alpha value is -1.53. The maximum absolute atomic E-state index is 12.2. The quantitative estimate of drug-likeness (QED) is 0.796. The average Bonchev–Trinajstić information content (AvgIpc) is 2.97. The average molecular weight is 321 g/mol. The Balaban J connectivity index is 1.67. The van der Waals surface area contributed by atoms with Crippen LogP contribution in [-0.4, -0.2) is 43.5 Å². The third-order valence-corrected chi connectivity index (χ3v) is 5.12. The zero-order valence-electron chi connectivity index (χ0n) is 12.5. The van der Waals surface area contributed by atoms with Crippen LogP contribution in [0.4, 0.5) is 5.69 Å². The van der Waals surface area contributed by atoms with Gasteiger partial charge in [-0.1, -0.05) is 12.1 Å². The van der Waals surface area contributed by atoms with Crippen molar-refractivity contribution in [2.75, 3.05) is 24.3 Å². The number of hydrogen-bond acceptors (Lipinski definition) is 5. The SMILES string of the molecule is CO[C@H]1CCC[C@@H]1OC(=O)CN1C(=O)CSc2ccccc21. The molecule has 0 radical (unpaired) electrons. The van der Waals surface area contributed by atoms with Gasteiger partial charge in [0.2, 0.25) is 5.91 Å². The minimum atomic E-state index is -0.371. The fraction of sp³-hybridized carbons (Fsp3) is 0.500. The van der Waals surface area contributed by atoms with Crippen molar-refractivity contribution in [2.24, 2.45) is 0 Å². The molecule has 5 nitrogen and oxygen atoms in total. The minimum Gasteiger partial charge on any atom is -0.458 e. The van der Waals surface area contributed by atoms with E-state index in [1.807, 2.05) is 24.3 Å². The maximum atomic E-state index is 12.2. The molecule has 0 spiro atoms. The normalized spacial score (nSPS) is 24.2. The van der Waals surface area contributed by atoms with Gasteiger partial charge in [0.15, 0.2) is 0 Å². The minimum absolute atomic E-state index is 0.0242. The Morgan fingerprint density at radius 1 is 1.32 bits per heavy atom. The van der Waals surface area contributed by atoms with E-state index in [4.69, 9.17) is 9.47 Å². The molecule has 0 N–H and O–H groups in total. The van der Waals surface area contributed by atoms with Gasteiger partial charge in [-0.15, -0.1) is 11.8 Å². The Morgan fingerprint density at radius 3 is 2.91 bits per heavy atom. The van der Waals surface area contributed by atoms with Gasteiger partial charge in [0.05, 0.1) is 17.5 Å². The van der Waals surface area contributed by atoms with E-state index in [-0.39, 0.29) is 30.6 Å². The van der Waals surface area contributed by atoms with Crippen molar-refractivity contribution in [3.63, 3.8) is 0 Å². The van der Waals surface area contributed by atoms with Gasteiger partial charge >= 0.3 is 5.97 Å². The second kappa shape index (κ2) is 6.71. The summed E-state index contributed by atoms with van der Waals surface area (Å²) in [6.07, 6.45) is 2.52. The summed E-state index contributed by atoms with van der Waals surface area (Å²) in [6.45, 7) is -0.0384. The van der Waals surface area contributed by atoms with Crippen LogP contribution in [0, 0.1) is 0 Å². The van der Waals surface area contributed by atoms with E-state index < -0.39 is 0 Å². The number of rotatable bonds is 4. The monoisotopic (exact) mass is 321 g/mol. The van der Waals surface area contributed by atoms with Gasteiger partial charge in [0.1, 0.15) is 12.6 Å². The third-order valence-electron chi connectivity index (χ3n) is 4.07. The highest BCUT2D eigenvalue weighted by atomic mass is 32.2. The van der Waals surface area contributed by atoms with E-state index in [2.05, 4.69) is 0 Å². The van der Waals surface area contributed by atoms with Gasteiger partial charge in [-0.2, -0.15) is 0 Å². The summed E-state index contributed by atoms with van der Waals surface area (Å²) in [7, 11) is 1.64. The highest BCUT2D eigenvalue weighted by molar-refractivity contribution is 8.00. The van der Waals surface area contributed by atoms with Crippen molar-refractivity contribution in [3.8, 4) is 0 Å². The molecule has 1 amide bonds. The molecule has 1 fully saturated rings. The van der Waals surface area contributed by atoms with Gasteiger partial charge < -0.3 is 9.47 Å². The van der Waals surface area contributed by atoms with Crippen molar-refractivity contribution in [1.29, 1.82) is 0 Å². The zero-order chi connectivity index (χ0) is 15.5. The molecule has 3 rings (SSSR count). The molecule has 0 unspecified atom stereocenters. The summed E-state index contributed by atoms with van der Waals surface area (Å²) in [5.74, 6) is -0.0756. The standard InChI is InChI=1S/C16H19NO4S/c1-20-12-6-4-7-13(12)21-16(19)9-17-11-5-2-3-8-14(11)22-10-15(17)18/h2-3,5,8,12-13H,4,6-7,9-10H2,1H3/t12-,13-/m0/s1. The topological polar surface area (TPSA) is 55.8 Å². The van der Waals surface area contributed by atoms with Crippen LogP contribution in [0.2, 0.25) is 0 Å². The smallest absolute Gasteiger partial charge is 0.326 e. The number of anilines is 1. The lowest BCUT2D eigenvalue weighted by molar-refractivity contribution is -0.153. The highest BCUT2D eigenvalue weighted by Gasteiger charge is 2.32. The summed E-state index contributed by atoms with van der Waals surface area (Å²) < 4.78 is 10.8. The molecule has 2 aliphatic rings. The molecule has 1 heterocycles. The van der Waals surface area contributed by atoms with Crippen LogP contribution in [0.5, 0.6) is 0 Å². The molecule has 1 saturated carbocycles. The summed E-state index contributed by atoms with van der Waals surface area (Å²) in [4.78, 5) is 26.9. The van der Waals surface area contributed by atoms with E-state index in [1.54, 1.807) is 7.11 Å². The number of nitrogens with zero attached hydrogens (tertiary/aromatic N) is 1. The predicted octanol–water partition coefficient (Wildman–Crippen LogP) is 2.24. The molecular weight excluding hydrogens is 302 g/mol. The van der Waals surface area contributed by atoms with E-state index >= 15 is 0 Å². The van der Waals surface area contributed by atoms with Crippen LogP contribution in [0.1, 0.15) is 19.3 Å². The van der Waals surface area contributed by atoms with Gasteiger partial charge in [0.25, 0.3) is 0 Å². The van der Waals surface area contributed by atoms with Gasteiger partial charge in [-0.3, -0.25) is 14.5 Å². The summed E-state index contributed by atoms with van der Waals surface area (Å²) in [5.41, 5.74) is 0.787. The molecule has 2 atom stereocenters. The number of amides is 1. The van der Waals surface area contributed by atoms with Crippen LogP contribution < -0.4 is 4.90 Å². The number of carbonyl (C=O) groups excluding carboxylic acids is 2. The Bertz CT molecular complexity index is 577. The molecular formula is C16H19NO4S. The fourth-order valence-corrected chi connectivity index (χ4v) is 3.89. The highest BCUT2D eigenvalue weighted by Crippen LogP contribution is 2.35. The second-order valence-electron chi connectivity index (χ2n) is 5.47. The number of esters is 1. The first-order valence-electron chi connectivity index (χ1n) is 7.43. The molecule has 6 heteroatoms. The molecule has 1 aromatic carbocycles. The van der Waals surface area contributed by atoms with E-state index in [1.165, 1.54) is 16.7 Å². The van der Waals surface area contributed by atoms with Crippen molar-refractivity contribution in [2.45, 2.75) is 36.4 Å². The number of benzene rings is 1. The number of ether oxygens (including phenoxy) is 2. The Labute approximate surface area is 134 Å². The van der Waals surface area contributed by atoms with Gasteiger partial charge in [-0.25, -0.2) is 0 Å². The number of carbonyl (C=O) groups is 2. The molecule has 1 aromatic rings.